The third-order valence-corrected chi connectivity index (χ3v) is 11.3. The van der Waals surface area contributed by atoms with Crippen molar-refractivity contribution in [2.75, 3.05) is 0 Å². The lowest BCUT2D eigenvalue weighted by Crippen LogP contribution is -2.16. The average Bonchev–Trinajstić information content (AvgIpc) is 3.50. The van der Waals surface area contributed by atoms with Crippen LogP contribution in [0.2, 0.25) is 0 Å². The van der Waals surface area contributed by atoms with Crippen molar-refractivity contribution in [3.05, 3.63) is 205 Å². The van der Waals surface area contributed by atoms with Gasteiger partial charge in [0.25, 0.3) is 0 Å². The quantitative estimate of drug-likeness (QED) is 0.172. The summed E-state index contributed by atoms with van der Waals surface area (Å²) in [5.41, 5.74) is 17.7. The second-order valence-corrected chi connectivity index (χ2v) is 15.0. The van der Waals surface area contributed by atoms with E-state index in [9.17, 15) is 0 Å². The first-order valence-corrected chi connectivity index (χ1v) is 19.0. The summed E-state index contributed by atoms with van der Waals surface area (Å²) < 4.78 is 0. The first-order valence-electron chi connectivity index (χ1n) is 19.0. The van der Waals surface area contributed by atoms with E-state index in [1.54, 1.807) is 0 Å². The maximum Gasteiger partial charge on any atom is 0.160 e. The molecule has 1 aliphatic carbocycles. The molecule has 1 heterocycles. The predicted molar refractivity (Wildman–Crippen MR) is 230 cm³/mol. The second-order valence-electron chi connectivity index (χ2n) is 15.0. The number of aromatic nitrogens is 2. The van der Waals surface area contributed by atoms with Crippen LogP contribution in [0.4, 0.5) is 0 Å². The van der Waals surface area contributed by atoms with Gasteiger partial charge in [-0.25, -0.2) is 9.97 Å². The summed E-state index contributed by atoms with van der Waals surface area (Å²) in [6, 6.07) is 69.6. The van der Waals surface area contributed by atoms with E-state index in [-0.39, 0.29) is 5.41 Å². The second kappa shape index (κ2) is 13.2. The molecule has 0 amide bonds. The van der Waals surface area contributed by atoms with Gasteiger partial charge < -0.3 is 0 Å². The summed E-state index contributed by atoms with van der Waals surface area (Å²) in [6.45, 7) is 4.72. The highest BCUT2D eigenvalue weighted by Gasteiger charge is 2.37. The Kier molecular flexibility index (Phi) is 7.85. The lowest BCUT2D eigenvalue weighted by molar-refractivity contribution is 0.662. The minimum atomic E-state index is -0.0797. The van der Waals surface area contributed by atoms with Crippen LogP contribution in [0.15, 0.2) is 194 Å². The normalized spacial score (nSPS) is 12.7. The van der Waals surface area contributed by atoms with Crippen molar-refractivity contribution in [3.8, 4) is 78.4 Å². The maximum absolute atomic E-state index is 5.17. The summed E-state index contributed by atoms with van der Waals surface area (Å²) in [6.07, 6.45) is 0. The van der Waals surface area contributed by atoms with E-state index in [2.05, 4.69) is 184 Å². The molecular formula is C53H38N2. The molecule has 260 valence electrons. The maximum atomic E-state index is 5.17. The van der Waals surface area contributed by atoms with Crippen molar-refractivity contribution in [1.82, 2.24) is 9.97 Å². The average molecular weight is 703 g/mol. The van der Waals surface area contributed by atoms with E-state index in [4.69, 9.17) is 9.97 Å². The van der Waals surface area contributed by atoms with Gasteiger partial charge in [0.1, 0.15) is 0 Å². The monoisotopic (exact) mass is 702 g/mol. The zero-order valence-corrected chi connectivity index (χ0v) is 30.9. The van der Waals surface area contributed by atoms with Crippen LogP contribution in [-0.2, 0) is 5.41 Å². The van der Waals surface area contributed by atoms with Gasteiger partial charge in [-0.15, -0.1) is 0 Å². The summed E-state index contributed by atoms with van der Waals surface area (Å²) in [5.74, 6) is 0.716. The molecule has 0 saturated carbocycles. The van der Waals surface area contributed by atoms with Crippen LogP contribution in [-0.4, -0.2) is 9.97 Å². The number of rotatable bonds is 6. The molecule has 0 saturated heterocycles. The molecule has 0 atom stereocenters. The standard InChI is InChI=1S/C53H38N2/c1-53(2)48-29-12-11-26-45(48)47-28-15-27-42(51(47)53)40-23-14-21-38(33-40)37-20-13-22-39(32-37)41-30-31-46(44-25-10-9-24-43(41)44)50-34-49(35-16-5-3-6-17-35)54-52(55-50)36-18-7-4-8-19-36/h3-34H,1-2H3. The van der Waals surface area contributed by atoms with E-state index in [0.29, 0.717) is 5.82 Å². The molecule has 8 aromatic carbocycles. The molecule has 1 aliphatic rings. The van der Waals surface area contributed by atoms with Crippen molar-refractivity contribution in [3.63, 3.8) is 0 Å². The number of hydrogen-bond donors (Lipinski definition) is 0. The van der Waals surface area contributed by atoms with Crippen molar-refractivity contribution in [2.45, 2.75) is 19.3 Å². The fraction of sp³-hybridized carbons (Fsp3) is 0.0566. The molecule has 2 nitrogen and oxygen atoms in total. The van der Waals surface area contributed by atoms with Crippen molar-refractivity contribution < 1.29 is 0 Å². The van der Waals surface area contributed by atoms with Gasteiger partial charge in [0.2, 0.25) is 0 Å². The molecule has 55 heavy (non-hydrogen) atoms. The van der Waals surface area contributed by atoms with Crippen LogP contribution in [0.3, 0.4) is 0 Å². The van der Waals surface area contributed by atoms with Crippen LogP contribution < -0.4 is 0 Å². The Labute approximate surface area is 322 Å². The van der Waals surface area contributed by atoms with Gasteiger partial charge in [-0.1, -0.05) is 190 Å². The minimum absolute atomic E-state index is 0.0797. The van der Waals surface area contributed by atoms with Gasteiger partial charge in [0.15, 0.2) is 5.82 Å². The lowest BCUT2D eigenvalue weighted by Gasteiger charge is -2.24. The molecule has 0 fully saturated rings. The number of benzene rings is 8. The summed E-state index contributed by atoms with van der Waals surface area (Å²) in [5, 5.41) is 2.35. The topological polar surface area (TPSA) is 25.8 Å². The zero-order chi connectivity index (χ0) is 36.9. The zero-order valence-electron chi connectivity index (χ0n) is 30.9. The number of hydrogen-bond acceptors (Lipinski definition) is 2. The van der Waals surface area contributed by atoms with Crippen molar-refractivity contribution in [1.29, 1.82) is 0 Å². The number of fused-ring (bicyclic) bond motifs is 4. The highest BCUT2D eigenvalue weighted by Crippen LogP contribution is 2.52. The van der Waals surface area contributed by atoms with E-state index in [0.717, 1.165) is 33.5 Å². The highest BCUT2D eigenvalue weighted by atomic mass is 14.9. The van der Waals surface area contributed by atoms with Gasteiger partial charge in [-0.05, 0) is 84.6 Å². The molecule has 0 radical (unpaired) electrons. The van der Waals surface area contributed by atoms with Crippen LogP contribution >= 0.6 is 0 Å². The van der Waals surface area contributed by atoms with Crippen LogP contribution in [0.1, 0.15) is 25.0 Å². The van der Waals surface area contributed by atoms with Crippen molar-refractivity contribution in [2.24, 2.45) is 0 Å². The van der Waals surface area contributed by atoms with Gasteiger partial charge in [-0.3, -0.25) is 0 Å². The largest absolute Gasteiger partial charge is 0.228 e. The third kappa shape index (κ3) is 5.66. The van der Waals surface area contributed by atoms with E-state index < -0.39 is 0 Å². The smallest absolute Gasteiger partial charge is 0.160 e. The third-order valence-electron chi connectivity index (χ3n) is 11.3. The summed E-state index contributed by atoms with van der Waals surface area (Å²) in [7, 11) is 0. The van der Waals surface area contributed by atoms with Crippen LogP contribution in [0.5, 0.6) is 0 Å². The lowest BCUT2D eigenvalue weighted by atomic mass is 9.78. The van der Waals surface area contributed by atoms with E-state index in [1.807, 2.05) is 24.3 Å². The molecule has 0 unspecified atom stereocenters. The molecule has 0 N–H and O–H groups in total. The van der Waals surface area contributed by atoms with Crippen LogP contribution in [0, 0.1) is 0 Å². The first-order chi connectivity index (χ1) is 27.0. The van der Waals surface area contributed by atoms with Crippen molar-refractivity contribution >= 4 is 10.8 Å². The Morgan fingerprint density at radius 1 is 0.327 bits per heavy atom. The Morgan fingerprint density at radius 2 is 0.818 bits per heavy atom. The van der Waals surface area contributed by atoms with Gasteiger partial charge in [0, 0.05) is 22.1 Å². The van der Waals surface area contributed by atoms with E-state index >= 15 is 0 Å². The fourth-order valence-corrected chi connectivity index (χ4v) is 8.65. The molecule has 2 heteroatoms. The summed E-state index contributed by atoms with van der Waals surface area (Å²) >= 11 is 0. The first kappa shape index (κ1) is 32.7. The Balaban J connectivity index is 1.06. The predicted octanol–water partition coefficient (Wildman–Crippen LogP) is 13.9. The molecule has 1 aromatic heterocycles. The van der Waals surface area contributed by atoms with Gasteiger partial charge in [0.05, 0.1) is 11.4 Å². The van der Waals surface area contributed by atoms with Gasteiger partial charge in [-0.2, -0.15) is 0 Å². The SMILES string of the molecule is CC1(C)c2ccccc2-c2cccc(-c3cccc(-c4cccc(-c5ccc(-c6cc(-c7ccccc7)nc(-c7ccccc7)n6)c6ccccc56)c4)c3)c21. The molecular weight excluding hydrogens is 665 g/mol. The highest BCUT2D eigenvalue weighted by molar-refractivity contribution is 6.05. The molecule has 0 bridgehead atoms. The van der Waals surface area contributed by atoms with E-state index in [1.165, 1.54) is 61.0 Å². The molecule has 0 spiro atoms. The minimum Gasteiger partial charge on any atom is -0.228 e. The van der Waals surface area contributed by atoms with Gasteiger partial charge >= 0.3 is 0 Å². The Hall–Kier alpha value is -6.90. The number of nitrogens with zero attached hydrogens (tertiary/aromatic N) is 2. The Morgan fingerprint density at radius 3 is 1.55 bits per heavy atom. The summed E-state index contributed by atoms with van der Waals surface area (Å²) in [4.78, 5) is 10.2. The molecule has 9 aromatic rings. The molecule has 0 aliphatic heterocycles. The Bertz CT molecular complexity index is 2830. The molecule has 10 rings (SSSR count). The van der Waals surface area contributed by atoms with Crippen LogP contribution in [0.25, 0.3) is 89.2 Å². The fourth-order valence-electron chi connectivity index (χ4n) is 8.65.